The molecular weight excluding hydrogens is 254 g/mol. The second-order valence-corrected chi connectivity index (χ2v) is 4.22. The van der Waals surface area contributed by atoms with Crippen LogP contribution in [0.25, 0.3) is 0 Å². The predicted octanol–water partition coefficient (Wildman–Crippen LogP) is 2.34. The summed E-state index contributed by atoms with van der Waals surface area (Å²) < 4.78 is 5.19. The SMILES string of the molecule is CCN(C(=O)c1ccncc1OC)c1ccc(N)cc1. The monoisotopic (exact) mass is 271 g/mol. The molecule has 5 nitrogen and oxygen atoms in total. The highest BCUT2D eigenvalue weighted by atomic mass is 16.5. The third-order valence-corrected chi connectivity index (χ3v) is 3.00. The Morgan fingerprint density at radius 2 is 2.00 bits per heavy atom. The molecule has 0 unspecified atom stereocenters. The van der Waals surface area contributed by atoms with E-state index in [1.807, 2.05) is 19.1 Å². The number of nitrogens with zero attached hydrogens (tertiary/aromatic N) is 2. The van der Waals surface area contributed by atoms with Gasteiger partial charge in [0.25, 0.3) is 5.91 Å². The van der Waals surface area contributed by atoms with Crippen molar-refractivity contribution in [2.75, 3.05) is 24.3 Å². The molecule has 0 aliphatic heterocycles. The molecule has 0 saturated heterocycles. The van der Waals surface area contributed by atoms with Crippen molar-refractivity contribution in [3.63, 3.8) is 0 Å². The number of carbonyl (C=O) groups is 1. The molecule has 0 bridgehead atoms. The number of nitrogen functional groups attached to an aromatic ring is 1. The Morgan fingerprint density at radius 3 is 2.60 bits per heavy atom. The van der Waals surface area contributed by atoms with Gasteiger partial charge in [0.15, 0.2) is 0 Å². The summed E-state index contributed by atoms with van der Waals surface area (Å²) in [5, 5.41) is 0. The van der Waals surface area contributed by atoms with Gasteiger partial charge in [0.1, 0.15) is 5.75 Å². The molecule has 1 aromatic heterocycles. The number of hydrogen-bond acceptors (Lipinski definition) is 4. The van der Waals surface area contributed by atoms with E-state index in [0.717, 1.165) is 5.69 Å². The van der Waals surface area contributed by atoms with Crippen molar-refractivity contribution in [3.05, 3.63) is 48.3 Å². The van der Waals surface area contributed by atoms with E-state index in [2.05, 4.69) is 4.98 Å². The minimum absolute atomic E-state index is 0.128. The Bertz CT molecular complexity index is 596. The van der Waals surface area contributed by atoms with Crippen LogP contribution in [0.3, 0.4) is 0 Å². The van der Waals surface area contributed by atoms with Crippen molar-refractivity contribution < 1.29 is 9.53 Å². The van der Waals surface area contributed by atoms with Crippen molar-refractivity contribution >= 4 is 17.3 Å². The molecule has 0 atom stereocenters. The molecule has 0 aliphatic rings. The van der Waals surface area contributed by atoms with Crippen LogP contribution in [0.2, 0.25) is 0 Å². The molecule has 1 aromatic carbocycles. The van der Waals surface area contributed by atoms with E-state index in [-0.39, 0.29) is 5.91 Å². The highest BCUT2D eigenvalue weighted by Gasteiger charge is 2.19. The minimum Gasteiger partial charge on any atom is -0.494 e. The van der Waals surface area contributed by atoms with Crippen LogP contribution in [0, 0.1) is 0 Å². The maximum Gasteiger partial charge on any atom is 0.262 e. The van der Waals surface area contributed by atoms with E-state index in [1.165, 1.54) is 13.3 Å². The number of pyridine rings is 1. The molecule has 0 saturated carbocycles. The van der Waals surface area contributed by atoms with Gasteiger partial charge < -0.3 is 15.4 Å². The number of carbonyl (C=O) groups excluding carboxylic acids is 1. The van der Waals surface area contributed by atoms with Crippen molar-refractivity contribution in [3.8, 4) is 5.75 Å². The van der Waals surface area contributed by atoms with Crippen molar-refractivity contribution in [2.45, 2.75) is 6.92 Å². The Morgan fingerprint density at radius 1 is 1.30 bits per heavy atom. The Hall–Kier alpha value is -2.56. The summed E-state index contributed by atoms with van der Waals surface area (Å²) in [6.45, 7) is 2.47. The van der Waals surface area contributed by atoms with Crippen molar-refractivity contribution in [1.82, 2.24) is 4.98 Å². The fraction of sp³-hybridized carbons (Fsp3) is 0.200. The predicted molar refractivity (Wildman–Crippen MR) is 79.0 cm³/mol. The molecule has 20 heavy (non-hydrogen) atoms. The zero-order valence-corrected chi connectivity index (χ0v) is 11.5. The molecule has 0 aliphatic carbocycles. The minimum atomic E-state index is -0.128. The summed E-state index contributed by atoms with van der Waals surface area (Å²) >= 11 is 0. The van der Waals surface area contributed by atoms with E-state index in [9.17, 15) is 4.79 Å². The van der Waals surface area contributed by atoms with Crippen LogP contribution in [-0.4, -0.2) is 24.5 Å². The Labute approximate surface area is 118 Å². The van der Waals surface area contributed by atoms with Crippen LogP contribution >= 0.6 is 0 Å². The van der Waals surface area contributed by atoms with Crippen LogP contribution < -0.4 is 15.4 Å². The average molecular weight is 271 g/mol. The number of benzene rings is 1. The van der Waals surface area contributed by atoms with E-state index in [1.54, 1.807) is 29.3 Å². The number of rotatable bonds is 4. The fourth-order valence-corrected chi connectivity index (χ4v) is 1.96. The molecule has 2 rings (SSSR count). The van der Waals surface area contributed by atoms with E-state index < -0.39 is 0 Å². The summed E-state index contributed by atoms with van der Waals surface area (Å²) in [5.41, 5.74) is 7.62. The molecule has 2 aromatic rings. The van der Waals surface area contributed by atoms with Gasteiger partial charge in [0.2, 0.25) is 0 Å². The lowest BCUT2D eigenvalue weighted by atomic mass is 10.2. The number of aromatic nitrogens is 1. The third kappa shape index (κ3) is 2.71. The zero-order valence-electron chi connectivity index (χ0n) is 11.5. The lowest BCUT2D eigenvalue weighted by molar-refractivity contribution is 0.0985. The molecule has 1 heterocycles. The van der Waals surface area contributed by atoms with E-state index >= 15 is 0 Å². The normalized spacial score (nSPS) is 10.1. The Kier molecular flexibility index (Phi) is 4.20. The lowest BCUT2D eigenvalue weighted by Gasteiger charge is -2.22. The smallest absolute Gasteiger partial charge is 0.262 e. The molecule has 1 amide bonds. The van der Waals surface area contributed by atoms with Gasteiger partial charge in [-0.1, -0.05) is 0 Å². The van der Waals surface area contributed by atoms with E-state index in [4.69, 9.17) is 10.5 Å². The molecule has 0 fully saturated rings. The van der Waals surface area contributed by atoms with Crippen LogP contribution in [-0.2, 0) is 0 Å². The topological polar surface area (TPSA) is 68.5 Å². The first-order valence-electron chi connectivity index (χ1n) is 6.32. The second kappa shape index (κ2) is 6.06. The molecule has 104 valence electrons. The number of hydrogen-bond donors (Lipinski definition) is 1. The standard InChI is InChI=1S/C15H17N3O2/c1-3-18(12-6-4-11(16)5-7-12)15(19)13-8-9-17-10-14(13)20-2/h4-10H,3,16H2,1-2H3. The fourth-order valence-electron chi connectivity index (χ4n) is 1.96. The first-order chi connectivity index (χ1) is 9.67. The molecular formula is C15H17N3O2. The highest BCUT2D eigenvalue weighted by molar-refractivity contribution is 6.07. The molecule has 0 spiro atoms. The maximum atomic E-state index is 12.6. The van der Waals surface area contributed by atoms with Gasteiger partial charge in [-0.15, -0.1) is 0 Å². The maximum absolute atomic E-state index is 12.6. The summed E-state index contributed by atoms with van der Waals surface area (Å²) in [5.74, 6) is 0.336. The lowest BCUT2D eigenvalue weighted by Crippen LogP contribution is -2.30. The Balaban J connectivity index is 2.36. The number of ether oxygens (including phenoxy) is 1. The van der Waals surface area contributed by atoms with Gasteiger partial charge in [-0.2, -0.15) is 0 Å². The quantitative estimate of drug-likeness (QED) is 0.867. The highest BCUT2D eigenvalue weighted by Crippen LogP contribution is 2.23. The van der Waals surface area contributed by atoms with Gasteiger partial charge in [0.05, 0.1) is 18.9 Å². The summed E-state index contributed by atoms with van der Waals surface area (Å²) in [7, 11) is 1.52. The van der Waals surface area contributed by atoms with Gasteiger partial charge in [0, 0.05) is 24.1 Å². The zero-order chi connectivity index (χ0) is 14.5. The number of methoxy groups -OCH3 is 1. The van der Waals surface area contributed by atoms with Crippen molar-refractivity contribution in [2.24, 2.45) is 0 Å². The van der Waals surface area contributed by atoms with Crippen LogP contribution in [0.1, 0.15) is 17.3 Å². The first kappa shape index (κ1) is 13.9. The number of nitrogens with two attached hydrogens (primary N) is 1. The van der Waals surface area contributed by atoms with Gasteiger partial charge >= 0.3 is 0 Å². The summed E-state index contributed by atoms with van der Waals surface area (Å²) in [6.07, 6.45) is 3.11. The second-order valence-electron chi connectivity index (χ2n) is 4.22. The van der Waals surface area contributed by atoms with Gasteiger partial charge in [-0.25, -0.2) is 0 Å². The van der Waals surface area contributed by atoms with Crippen molar-refractivity contribution in [1.29, 1.82) is 0 Å². The number of amides is 1. The van der Waals surface area contributed by atoms with Crippen LogP contribution in [0.15, 0.2) is 42.7 Å². The van der Waals surface area contributed by atoms with E-state index in [0.29, 0.717) is 23.5 Å². The summed E-state index contributed by atoms with van der Waals surface area (Å²) in [6, 6.07) is 8.85. The molecule has 2 N–H and O–H groups in total. The summed E-state index contributed by atoms with van der Waals surface area (Å²) in [4.78, 5) is 18.2. The average Bonchev–Trinajstić information content (AvgIpc) is 2.49. The molecule has 0 radical (unpaired) electrons. The molecule has 5 heteroatoms. The number of anilines is 2. The van der Waals surface area contributed by atoms with Gasteiger partial charge in [-0.05, 0) is 37.3 Å². The third-order valence-electron chi connectivity index (χ3n) is 3.00. The largest absolute Gasteiger partial charge is 0.494 e. The van der Waals surface area contributed by atoms with Crippen LogP contribution in [0.4, 0.5) is 11.4 Å². The first-order valence-corrected chi connectivity index (χ1v) is 6.32. The van der Waals surface area contributed by atoms with Gasteiger partial charge in [-0.3, -0.25) is 9.78 Å². The van der Waals surface area contributed by atoms with Crippen LogP contribution in [0.5, 0.6) is 5.75 Å².